The molecule has 1 aliphatic rings. The Morgan fingerprint density at radius 1 is 1.52 bits per heavy atom. The molecule has 0 saturated heterocycles. The third-order valence-electron chi connectivity index (χ3n) is 3.86. The van der Waals surface area contributed by atoms with Gasteiger partial charge in [0.2, 0.25) is 0 Å². The van der Waals surface area contributed by atoms with E-state index in [0.29, 0.717) is 6.04 Å². The summed E-state index contributed by atoms with van der Waals surface area (Å²) in [6.45, 7) is 3.03. The molecule has 1 aromatic rings. The summed E-state index contributed by atoms with van der Waals surface area (Å²) >= 11 is 3.74. The predicted octanol–water partition coefficient (Wildman–Crippen LogP) is 2.70. The van der Waals surface area contributed by atoms with E-state index >= 15 is 0 Å². The third kappa shape index (κ3) is 5.18. The number of hydrogen-bond donors (Lipinski definition) is 2. The van der Waals surface area contributed by atoms with Crippen molar-refractivity contribution in [2.75, 3.05) is 19.8 Å². The van der Waals surface area contributed by atoms with E-state index < -0.39 is 0 Å². The summed E-state index contributed by atoms with van der Waals surface area (Å²) in [7, 11) is 1.84. The van der Waals surface area contributed by atoms with Crippen LogP contribution in [0, 0.1) is 0 Å². The van der Waals surface area contributed by atoms with Gasteiger partial charge in [0.1, 0.15) is 0 Å². The van der Waals surface area contributed by atoms with E-state index in [1.807, 2.05) is 18.8 Å². The first-order valence-corrected chi connectivity index (χ1v) is 9.85. The Bertz CT molecular complexity index is 458. The highest BCUT2D eigenvalue weighted by molar-refractivity contribution is 7.99. The molecule has 1 aliphatic carbocycles. The molecular weight excluding hydrogens is 300 g/mol. The van der Waals surface area contributed by atoms with Crippen molar-refractivity contribution in [3.63, 3.8) is 0 Å². The molecule has 1 fully saturated rings. The molecule has 0 radical (unpaired) electrons. The van der Waals surface area contributed by atoms with Crippen molar-refractivity contribution < 1.29 is 0 Å². The van der Waals surface area contributed by atoms with Crippen LogP contribution in [-0.4, -0.2) is 42.1 Å². The van der Waals surface area contributed by atoms with E-state index in [1.165, 1.54) is 30.0 Å². The zero-order valence-electron chi connectivity index (χ0n) is 13.2. The average Bonchev–Trinajstić information content (AvgIpc) is 3.15. The SMILES string of the molecule is CCc1nc(CCNC(=NC)NC2CCC(SC)C2)cs1. The van der Waals surface area contributed by atoms with E-state index in [4.69, 9.17) is 0 Å². The van der Waals surface area contributed by atoms with Crippen LogP contribution in [0.3, 0.4) is 0 Å². The average molecular weight is 327 g/mol. The molecule has 0 bridgehead atoms. The summed E-state index contributed by atoms with van der Waals surface area (Å²) in [5.41, 5.74) is 1.18. The van der Waals surface area contributed by atoms with Crippen LogP contribution in [0.4, 0.5) is 0 Å². The molecule has 2 N–H and O–H groups in total. The molecule has 0 spiro atoms. The fourth-order valence-corrected chi connectivity index (χ4v) is 4.18. The summed E-state index contributed by atoms with van der Waals surface area (Å²) in [5, 5.41) is 11.1. The maximum absolute atomic E-state index is 4.59. The van der Waals surface area contributed by atoms with Crippen molar-refractivity contribution in [2.45, 2.75) is 50.3 Å². The summed E-state index contributed by atoms with van der Waals surface area (Å²) < 4.78 is 0. The minimum atomic E-state index is 0.569. The molecule has 1 aromatic heterocycles. The van der Waals surface area contributed by atoms with E-state index in [0.717, 1.165) is 30.6 Å². The lowest BCUT2D eigenvalue weighted by Gasteiger charge is -2.17. The van der Waals surface area contributed by atoms with Gasteiger partial charge in [0.15, 0.2) is 5.96 Å². The molecule has 0 aromatic carbocycles. The minimum absolute atomic E-state index is 0.569. The Labute approximate surface area is 136 Å². The smallest absolute Gasteiger partial charge is 0.191 e. The second-order valence-electron chi connectivity index (χ2n) is 5.35. The molecule has 2 atom stereocenters. The molecule has 6 heteroatoms. The van der Waals surface area contributed by atoms with Gasteiger partial charge < -0.3 is 10.6 Å². The van der Waals surface area contributed by atoms with Gasteiger partial charge in [0.25, 0.3) is 0 Å². The zero-order valence-corrected chi connectivity index (χ0v) is 14.8. The highest BCUT2D eigenvalue weighted by Gasteiger charge is 2.24. The van der Waals surface area contributed by atoms with Gasteiger partial charge in [-0.3, -0.25) is 4.99 Å². The molecular formula is C15H26N4S2. The third-order valence-corrected chi connectivity index (χ3v) is 5.99. The molecule has 0 amide bonds. The number of rotatable bonds is 6. The van der Waals surface area contributed by atoms with Crippen molar-refractivity contribution in [1.29, 1.82) is 0 Å². The quantitative estimate of drug-likeness (QED) is 0.623. The van der Waals surface area contributed by atoms with Gasteiger partial charge in [0, 0.05) is 36.7 Å². The van der Waals surface area contributed by atoms with Gasteiger partial charge in [0.05, 0.1) is 10.7 Å². The molecule has 118 valence electrons. The maximum Gasteiger partial charge on any atom is 0.191 e. The van der Waals surface area contributed by atoms with Crippen molar-refractivity contribution in [1.82, 2.24) is 15.6 Å². The van der Waals surface area contributed by atoms with E-state index in [1.54, 1.807) is 11.3 Å². The number of aromatic nitrogens is 1. The van der Waals surface area contributed by atoms with Crippen LogP contribution in [0.5, 0.6) is 0 Å². The normalized spacial score (nSPS) is 22.5. The minimum Gasteiger partial charge on any atom is -0.356 e. The van der Waals surface area contributed by atoms with Crippen LogP contribution in [-0.2, 0) is 12.8 Å². The van der Waals surface area contributed by atoms with Gasteiger partial charge in [-0.1, -0.05) is 6.92 Å². The predicted molar refractivity (Wildman–Crippen MR) is 94.6 cm³/mol. The standard InChI is InChI=1S/C15H26N4S2/c1-4-14-18-12(10-21-14)7-8-17-15(16-2)19-11-5-6-13(9-11)20-3/h10-11,13H,4-9H2,1-3H3,(H2,16,17,19). The van der Waals surface area contributed by atoms with Gasteiger partial charge in [-0.2, -0.15) is 11.8 Å². The summed E-state index contributed by atoms with van der Waals surface area (Å²) in [6.07, 6.45) is 7.99. The lowest BCUT2D eigenvalue weighted by atomic mass is 10.2. The largest absolute Gasteiger partial charge is 0.356 e. The van der Waals surface area contributed by atoms with Crippen LogP contribution in [0.2, 0.25) is 0 Å². The summed E-state index contributed by atoms with van der Waals surface area (Å²) in [5.74, 6) is 0.924. The van der Waals surface area contributed by atoms with Crippen LogP contribution < -0.4 is 10.6 Å². The fourth-order valence-electron chi connectivity index (χ4n) is 2.61. The van der Waals surface area contributed by atoms with E-state index in [-0.39, 0.29) is 0 Å². The van der Waals surface area contributed by atoms with Gasteiger partial charge >= 0.3 is 0 Å². The number of aryl methyl sites for hydroxylation is 1. The highest BCUT2D eigenvalue weighted by atomic mass is 32.2. The maximum atomic E-state index is 4.59. The molecule has 1 saturated carbocycles. The number of aliphatic imine (C=N–C) groups is 1. The Morgan fingerprint density at radius 2 is 2.38 bits per heavy atom. The molecule has 0 aliphatic heterocycles. The second kappa shape index (κ2) is 8.63. The fraction of sp³-hybridized carbons (Fsp3) is 0.733. The molecule has 1 heterocycles. The van der Waals surface area contributed by atoms with Gasteiger partial charge in [-0.15, -0.1) is 11.3 Å². The number of nitrogens with one attached hydrogen (secondary N) is 2. The Morgan fingerprint density at radius 3 is 3.00 bits per heavy atom. The monoisotopic (exact) mass is 326 g/mol. The molecule has 4 nitrogen and oxygen atoms in total. The van der Waals surface area contributed by atoms with E-state index in [9.17, 15) is 0 Å². The zero-order chi connectivity index (χ0) is 15.1. The summed E-state index contributed by atoms with van der Waals surface area (Å²) in [6, 6.07) is 0.569. The van der Waals surface area contributed by atoms with Crippen molar-refractivity contribution in [3.05, 3.63) is 16.1 Å². The number of thiazole rings is 1. The van der Waals surface area contributed by atoms with Gasteiger partial charge in [-0.25, -0.2) is 4.98 Å². The number of thioether (sulfide) groups is 1. The van der Waals surface area contributed by atoms with Crippen molar-refractivity contribution in [3.8, 4) is 0 Å². The lowest BCUT2D eigenvalue weighted by molar-refractivity contribution is 0.614. The number of nitrogens with zero attached hydrogens (tertiary/aromatic N) is 2. The van der Waals surface area contributed by atoms with Crippen molar-refractivity contribution in [2.24, 2.45) is 4.99 Å². The molecule has 2 unspecified atom stereocenters. The first kappa shape index (κ1) is 16.6. The van der Waals surface area contributed by atoms with Crippen LogP contribution in [0.15, 0.2) is 10.4 Å². The lowest BCUT2D eigenvalue weighted by Crippen LogP contribution is -2.43. The Hall–Kier alpha value is -0.750. The second-order valence-corrected chi connectivity index (χ2v) is 7.43. The number of guanidine groups is 1. The molecule has 2 rings (SSSR count). The molecule has 21 heavy (non-hydrogen) atoms. The van der Waals surface area contributed by atoms with Crippen molar-refractivity contribution >= 4 is 29.1 Å². The Balaban J connectivity index is 1.70. The first-order valence-electron chi connectivity index (χ1n) is 7.68. The van der Waals surface area contributed by atoms with Crippen LogP contribution in [0.25, 0.3) is 0 Å². The first-order chi connectivity index (χ1) is 10.2. The highest BCUT2D eigenvalue weighted by Crippen LogP contribution is 2.27. The number of hydrogen-bond acceptors (Lipinski definition) is 4. The van der Waals surface area contributed by atoms with Gasteiger partial charge in [-0.05, 0) is 31.9 Å². The topological polar surface area (TPSA) is 49.3 Å². The summed E-state index contributed by atoms with van der Waals surface area (Å²) in [4.78, 5) is 8.92. The van der Waals surface area contributed by atoms with E-state index in [2.05, 4.69) is 39.2 Å². The van der Waals surface area contributed by atoms with Crippen LogP contribution in [0.1, 0.15) is 36.9 Å². The van der Waals surface area contributed by atoms with Crippen LogP contribution >= 0.6 is 23.1 Å². The Kier molecular flexibility index (Phi) is 6.83.